The van der Waals surface area contributed by atoms with Crippen LogP contribution in [0.5, 0.6) is 0 Å². The van der Waals surface area contributed by atoms with Crippen molar-refractivity contribution in [2.75, 3.05) is 0 Å². The monoisotopic (exact) mass is 254 g/mol. The minimum absolute atomic E-state index is 0.119. The van der Waals surface area contributed by atoms with E-state index in [1.54, 1.807) is 6.92 Å². The van der Waals surface area contributed by atoms with Crippen molar-refractivity contribution in [2.24, 2.45) is 5.92 Å². The summed E-state index contributed by atoms with van der Waals surface area (Å²) in [5.41, 5.74) is 1.86. The van der Waals surface area contributed by atoms with Crippen LogP contribution in [-0.2, 0) is 9.59 Å². The first-order valence-corrected chi connectivity index (χ1v) is 6.03. The molecule has 2 rings (SSSR count). The number of nitrogens with one attached hydrogen (secondary N) is 1. The van der Waals surface area contributed by atoms with Gasteiger partial charge in [0, 0.05) is 17.2 Å². The fourth-order valence-corrected chi connectivity index (χ4v) is 2.52. The molecule has 0 spiro atoms. The number of ketones is 1. The van der Waals surface area contributed by atoms with Crippen molar-refractivity contribution in [1.29, 1.82) is 5.26 Å². The highest BCUT2D eigenvalue weighted by Crippen LogP contribution is 2.36. The van der Waals surface area contributed by atoms with E-state index in [0.29, 0.717) is 11.3 Å². The lowest BCUT2D eigenvalue weighted by atomic mass is 9.76. The molecule has 0 radical (unpaired) electrons. The number of carbonyl (C=O) groups is 2. The molecule has 0 fully saturated rings. The Labute approximate surface area is 111 Å². The van der Waals surface area contributed by atoms with Crippen LogP contribution in [0.2, 0.25) is 0 Å². The van der Waals surface area contributed by atoms with Crippen LogP contribution in [0.25, 0.3) is 0 Å². The maximum absolute atomic E-state index is 11.9. The van der Waals surface area contributed by atoms with Crippen LogP contribution >= 0.6 is 0 Å². The molecule has 1 aliphatic heterocycles. The summed E-state index contributed by atoms with van der Waals surface area (Å²) >= 11 is 0. The van der Waals surface area contributed by atoms with Crippen molar-refractivity contribution in [3.8, 4) is 6.07 Å². The Bertz CT molecular complexity index is 596. The van der Waals surface area contributed by atoms with Crippen LogP contribution < -0.4 is 5.32 Å². The second kappa shape index (κ2) is 5.07. The summed E-state index contributed by atoms with van der Waals surface area (Å²) in [6, 6.07) is 11.2. The lowest BCUT2D eigenvalue weighted by Gasteiger charge is -2.30. The minimum atomic E-state index is -0.870. The molecule has 0 aliphatic carbocycles. The number of nitriles is 1. The van der Waals surface area contributed by atoms with Crippen molar-refractivity contribution in [3.05, 3.63) is 47.2 Å². The molecule has 1 heterocycles. The van der Waals surface area contributed by atoms with Gasteiger partial charge >= 0.3 is 0 Å². The van der Waals surface area contributed by atoms with Crippen LogP contribution in [0, 0.1) is 17.2 Å². The number of allylic oxidation sites excluding steroid dienone is 2. The lowest BCUT2D eigenvalue weighted by molar-refractivity contribution is -0.123. The van der Waals surface area contributed by atoms with Gasteiger partial charge in [0.25, 0.3) is 0 Å². The molecular formula is C15H14N2O2. The zero-order valence-electron chi connectivity index (χ0n) is 10.8. The van der Waals surface area contributed by atoms with E-state index >= 15 is 0 Å². The third-order valence-corrected chi connectivity index (χ3v) is 3.32. The zero-order chi connectivity index (χ0) is 14.0. The maximum atomic E-state index is 11.9. The van der Waals surface area contributed by atoms with Gasteiger partial charge in [-0.3, -0.25) is 9.59 Å². The third-order valence-electron chi connectivity index (χ3n) is 3.32. The zero-order valence-corrected chi connectivity index (χ0v) is 10.8. The van der Waals surface area contributed by atoms with Crippen LogP contribution in [-0.4, -0.2) is 11.7 Å². The molecule has 1 N–H and O–H groups in total. The summed E-state index contributed by atoms with van der Waals surface area (Å²) in [6.45, 7) is 3.15. The van der Waals surface area contributed by atoms with Crippen molar-refractivity contribution < 1.29 is 9.59 Å². The van der Waals surface area contributed by atoms with E-state index in [4.69, 9.17) is 0 Å². The van der Waals surface area contributed by atoms with Crippen molar-refractivity contribution in [3.63, 3.8) is 0 Å². The van der Waals surface area contributed by atoms with Crippen LogP contribution in [0.1, 0.15) is 25.3 Å². The summed E-state index contributed by atoms with van der Waals surface area (Å²) in [4.78, 5) is 23.8. The smallest absolute Gasteiger partial charge is 0.242 e. The molecule has 19 heavy (non-hydrogen) atoms. The molecule has 0 bridgehead atoms. The summed E-state index contributed by atoms with van der Waals surface area (Å²) in [6.07, 6.45) is 0. The van der Waals surface area contributed by atoms with Gasteiger partial charge in [-0.25, -0.2) is 0 Å². The number of rotatable bonds is 2. The van der Waals surface area contributed by atoms with E-state index in [1.165, 1.54) is 6.92 Å². The lowest BCUT2D eigenvalue weighted by Crippen LogP contribution is -2.40. The molecule has 1 amide bonds. The molecule has 2 atom stereocenters. The second-order valence-corrected chi connectivity index (χ2v) is 4.58. The molecule has 96 valence electrons. The van der Waals surface area contributed by atoms with E-state index < -0.39 is 11.8 Å². The summed E-state index contributed by atoms with van der Waals surface area (Å²) in [7, 11) is 0. The predicted molar refractivity (Wildman–Crippen MR) is 69.8 cm³/mol. The molecule has 1 aromatic carbocycles. The fourth-order valence-electron chi connectivity index (χ4n) is 2.52. The summed E-state index contributed by atoms with van der Waals surface area (Å²) in [5.74, 6) is -1.83. The topological polar surface area (TPSA) is 70.0 Å². The average molecular weight is 254 g/mol. The summed E-state index contributed by atoms with van der Waals surface area (Å²) < 4.78 is 0. The first-order valence-electron chi connectivity index (χ1n) is 6.03. The average Bonchev–Trinajstić information content (AvgIpc) is 2.38. The molecule has 2 unspecified atom stereocenters. The second-order valence-electron chi connectivity index (χ2n) is 4.58. The number of hydrogen-bond acceptors (Lipinski definition) is 3. The van der Waals surface area contributed by atoms with Gasteiger partial charge in [-0.1, -0.05) is 30.3 Å². The van der Waals surface area contributed by atoms with E-state index in [1.807, 2.05) is 36.4 Å². The molecule has 0 saturated carbocycles. The molecule has 0 saturated heterocycles. The largest absolute Gasteiger partial charge is 0.328 e. The Morgan fingerprint density at radius 1 is 1.32 bits per heavy atom. The highest BCUT2D eigenvalue weighted by molar-refractivity contribution is 6.00. The molecule has 4 heteroatoms. The van der Waals surface area contributed by atoms with Gasteiger partial charge in [0.2, 0.25) is 5.91 Å². The van der Waals surface area contributed by atoms with Gasteiger partial charge in [-0.05, 0) is 19.4 Å². The van der Waals surface area contributed by atoms with Gasteiger partial charge in [0.15, 0.2) is 5.78 Å². The standard InChI is InChI=1S/C15H14N2O2/c1-9-13(10(2)18)14(11-6-4-3-5-7-11)12(8-16)15(19)17-9/h3-7,12,14H,1-2H3,(H,17,19). The predicted octanol–water partition coefficient (Wildman–Crippen LogP) is 1.90. The van der Waals surface area contributed by atoms with Crippen molar-refractivity contribution in [2.45, 2.75) is 19.8 Å². The first kappa shape index (κ1) is 13.0. The van der Waals surface area contributed by atoms with Gasteiger partial charge < -0.3 is 5.32 Å². The van der Waals surface area contributed by atoms with Gasteiger partial charge in [-0.2, -0.15) is 5.26 Å². The van der Waals surface area contributed by atoms with E-state index in [9.17, 15) is 14.9 Å². The molecule has 0 aromatic heterocycles. The Hall–Kier alpha value is -2.41. The Morgan fingerprint density at radius 2 is 1.95 bits per heavy atom. The number of benzene rings is 1. The maximum Gasteiger partial charge on any atom is 0.242 e. The highest BCUT2D eigenvalue weighted by atomic mass is 16.2. The van der Waals surface area contributed by atoms with Gasteiger partial charge in [-0.15, -0.1) is 0 Å². The Balaban J connectivity index is 2.62. The van der Waals surface area contributed by atoms with Gasteiger partial charge in [0.1, 0.15) is 5.92 Å². The molecular weight excluding hydrogens is 240 g/mol. The number of hydrogen-bond donors (Lipinski definition) is 1. The van der Waals surface area contributed by atoms with Crippen molar-refractivity contribution >= 4 is 11.7 Å². The highest BCUT2D eigenvalue weighted by Gasteiger charge is 2.39. The molecule has 1 aromatic rings. The Morgan fingerprint density at radius 3 is 2.47 bits per heavy atom. The normalized spacial score (nSPS) is 22.7. The number of Topliss-reactive ketones (excluding diaryl/α,β-unsaturated/α-hetero) is 1. The van der Waals surface area contributed by atoms with E-state index in [0.717, 1.165) is 5.56 Å². The number of nitrogens with zero attached hydrogens (tertiary/aromatic N) is 1. The fraction of sp³-hybridized carbons (Fsp3) is 0.267. The van der Waals surface area contributed by atoms with E-state index in [-0.39, 0.29) is 11.7 Å². The first-order chi connectivity index (χ1) is 9.06. The number of amides is 1. The minimum Gasteiger partial charge on any atom is -0.328 e. The number of carbonyl (C=O) groups excluding carboxylic acids is 2. The van der Waals surface area contributed by atoms with Crippen molar-refractivity contribution in [1.82, 2.24) is 5.32 Å². The van der Waals surface area contributed by atoms with Gasteiger partial charge in [0.05, 0.1) is 6.07 Å². The van der Waals surface area contributed by atoms with E-state index in [2.05, 4.69) is 5.32 Å². The summed E-state index contributed by atoms with van der Waals surface area (Å²) in [5, 5.41) is 11.8. The molecule has 1 aliphatic rings. The molecule has 4 nitrogen and oxygen atoms in total. The quantitative estimate of drug-likeness (QED) is 0.876. The van der Waals surface area contributed by atoms with Crippen LogP contribution in [0.15, 0.2) is 41.6 Å². The van der Waals surface area contributed by atoms with Crippen LogP contribution in [0.3, 0.4) is 0 Å². The third kappa shape index (κ3) is 2.27. The van der Waals surface area contributed by atoms with Crippen LogP contribution in [0.4, 0.5) is 0 Å². The Kier molecular flexibility index (Phi) is 3.48. The SMILES string of the molecule is CC(=O)C1=C(C)NC(=O)C(C#N)C1c1ccccc1.